The van der Waals surface area contributed by atoms with E-state index in [1.54, 1.807) is 20.8 Å². The normalized spacial score (nSPS) is 20.7. The molecule has 0 radical (unpaired) electrons. The first kappa shape index (κ1) is 13.0. The second-order valence-electron chi connectivity index (χ2n) is 4.29. The smallest absolute Gasteiger partial charge is 0.450 e. The van der Waals surface area contributed by atoms with E-state index in [2.05, 4.69) is 4.74 Å². The number of hydrogen-bond donors (Lipinski definition) is 1. The Bertz CT molecular complexity index is 288. The highest BCUT2D eigenvalue weighted by molar-refractivity contribution is 7.99. The number of rotatable bonds is 1. The van der Waals surface area contributed by atoms with Crippen LogP contribution in [0.1, 0.15) is 20.8 Å². The summed E-state index contributed by atoms with van der Waals surface area (Å²) in [4.78, 5) is 23.3. The van der Waals surface area contributed by atoms with Crippen LogP contribution in [0.4, 0.5) is 9.59 Å². The second-order valence-corrected chi connectivity index (χ2v) is 5.29. The summed E-state index contributed by atoms with van der Waals surface area (Å²) in [5, 5.41) is 8.50. The third kappa shape index (κ3) is 3.80. The molecule has 1 atom stereocenters. The Balaban J connectivity index is 2.57. The lowest BCUT2D eigenvalue weighted by molar-refractivity contribution is -0.0284. The van der Waals surface area contributed by atoms with Crippen molar-refractivity contribution in [1.82, 2.24) is 4.90 Å². The zero-order valence-corrected chi connectivity index (χ0v) is 10.2. The Hall–Kier alpha value is -1.11. The van der Waals surface area contributed by atoms with Gasteiger partial charge in [-0.05, 0) is 20.8 Å². The van der Waals surface area contributed by atoms with E-state index in [-0.39, 0.29) is 0 Å². The number of carbonyl (C=O) groups is 2. The second kappa shape index (κ2) is 4.82. The van der Waals surface area contributed by atoms with E-state index in [4.69, 9.17) is 9.84 Å². The molecule has 1 unspecified atom stereocenters. The summed E-state index contributed by atoms with van der Waals surface area (Å²) in [5.74, 6) is 0.818. The number of carbonyl (C=O) groups excluding carboxylic acids is 1. The van der Waals surface area contributed by atoms with Gasteiger partial charge >= 0.3 is 12.2 Å². The van der Waals surface area contributed by atoms with E-state index in [1.165, 1.54) is 16.7 Å². The minimum absolute atomic E-state index is 0.382. The SMILES string of the molecule is CC(C)(C)OC(=O)N1CSCC1OC(=O)O. The van der Waals surface area contributed by atoms with Crippen molar-refractivity contribution in [3.8, 4) is 0 Å². The molecule has 1 aliphatic rings. The lowest BCUT2D eigenvalue weighted by atomic mass is 10.2. The van der Waals surface area contributed by atoms with Crippen LogP contribution in [0, 0.1) is 0 Å². The first-order chi connectivity index (χ1) is 7.29. The summed E-state index contributed by atoms with van der Waals surface area (Å²) < 4.78 is 9.71. The molecule has 7 heteroatoms. The predicted octanol–water partition coefficient (Wildman–Crippen LogP) is 1.95. The summed E-state index contributed by atoms with van der Waals surface area (Å²) >= 11 is 1.42. The Labute approximate surface area is 97.9 Å². The quantitative estimate of drug-likeness (QED) is 0.716. The van der Waals surface area contributed by atoms with Crippen molar-refractivity contribution in [1.29, 1.82) is 0 Å². The van der Waals surface area contributed by atoms with Gasteiger partial charge in [-0.25, -0.2) is 9.59 Å². The minimum Gasteiger partial charge on any atom is -0.450 e. The monoisotopic (exact) mass is 249 g/mol. The Morgan fingerprint density at radius 2 is 2.06 bits per heavy atom. The first-order valence-electron chi connectivity index (χ1n) is 4.76. The van der Waals surface area contributed by atoms with Crippen molar-refractivity contribution < 1.29 is 24.2 Å². The molecule has 1 N–H and O–H groups in total. The van der Waals surface area contributed by atoms with Gasteiger partial charge in [0.15, 0.2) is 6.23 Å². The van der Waals surface area contributed by atoms with Gasteiger partial charge in [0.1, 0.15) is 5.60 Å². The summed E-state index contributed by atoms with van der Waals surface area (Å²) in [6.45, 7) is 5.25. The molecule has 0 aromatic heterocycles. The molecule has 1 saturated heterocycles. The van der Waals surface area contributed by atoms with Crippen molar-refractivity contribution in [2.24, 2.45) is 0 Å². The molecule has 1 amide bonds. The molecule has 0 saturated carbocycles. The van der Waals surface area contributed by atoms with Gasteiger partial charge in [-0.15, -0.1) is 11.8 Å². The first-order valence-corrected chi connectivity index (χ1v) is 5.92. The van der Waals surface area contributed by atoms with Gasteiger partial charge in [0.25, 0.3) is 0 Å². The van der Waals surface area contributed by atoms with E-state index >= 15 is 0 Å². The summed E-state index contributed by atoms with van der Waals surface area (Å²) in [5.41, 5.74) is -0.599. The highest BCUT2D eigenvalue weighted by Crippen LogP contribution is 2.24. The lowest BCUT2D eigenvalue weighted by Gasteiger charge is -2.26. The highest BCUT2D eigenvalue weighted by Gasteiger charge is 2.35. The molecule has 1 rings (SSSR count). The van der Waals surface area contributed by atoms with Crippen LogP contribution >= 0.6 is 11.8 Å². The fraction of sp³-hybridized carbons (Fsp3) is 0.778. The van der Waals surface area contributed by atoms with Crippen molar-refractivity contribution in [2.45, 2.75) is 32.6 Å². The van der Waals surface area contributed by atoms with Gasteiger partial charge in [0, 0.05) is 0 Å². The van der Waals surface area contributed by atoms with E-state index in [1.807, 2.05) is 0 Å². The molecule has 16 heavy (non-hydrogen) atoms. The number of carboxylic acid groups (broad SMARTS) is 1. The summed E-state index contributed by atoms with van der Waals surface area (Å²) in [6, 6.07) is 0. The lowest BCUT2D eigenvalue weighted by Crippen LogP contribution is -2.42. The molecule has 0 spiro atoms. The van der Waals surface area contributed by atoms with E-state index in [0.717, 1.165) is 0 Å². The summed E-state index contributed by atoms with van der Waals surface area (Å²) in [7, 11) is 0. The van der Waals surface area contributed by atoms with E-state index in [9.17, 15) is 9.59 Å². The standard InChI is InChI=1S/C9H15NO5S/c1-9(2,3)15-7(11)10-5-16-4-6(10)14-8(12)13/h6H,4-5H2,1-3H3,(H,12,13). The maximum Gasteiger partial charge on any atom is 0.507 e. The van der Waals surface area contributed by atoms with Crippen LogP contribution in [0.2, 0.25) is 0 Å². The van der Waals surface area contributed by atoms with E-state index in [0.29, 0.717) is 11.6 Å². The maximum absolute atomic E-state index is 11.7. The molecule has 92 valence electrons. The number of ether oxygens (including phenoxy) is 2. The van der Waals surface area contributed by atoms with Gasteiger partial charge in [-0.1, -0.05) is 0 Å². The van der Waals surface area contributed by atoms with Crippen molar-refractivity contribution in [2.75, 3.05) is 11.6 Å². The topological polar surface area (TPSA) is 76.1 Å². The van der Waals surface area contributed by atoms with Crippen LogP contribution in [0.15, 0.2) is 0 Å². The average Bonchev–Trinajstić information content (AvgIpc) is 2.47. The minimum atomic E-state index is -1.39. The van der Waals surface area contributed by atoms with Crippen molar-refractivity contribution >= 4 is 24.0 Å². The molecular formula is C9H15NO5S. The fourth-order valence-electron chi connectivity index (χ4n) is 1.13. The predicted molar refractivity (Wildman–Crippen MR) is 58.3 cm³/mol. The molecule has 1 aliphatic heterocycles. The molecule has 0 bridgehead atoms. The van der Waals surface area contributed by atoms with Crippen molar-refractivity contribution in [3.05, 3.63) is 0 Å². The number of amides is 1. The van der Waals surface area contributed by atoms with Crippen LogP contribution in [0.3, 0.4) is 0 Å². The van der Waals surface area contributed by atoms with Gasteiger partial charge in [0.2, 0.25) is 0 Å². The Morgan fingerprint density at radius 1 is 1.44 bits per heavy atom. The maximum atomic E-state index is 11.7. The zero-order chi connectivity index (χ0) is 12.3. The third-order valence-corrected chi connectivity index (χ3v) is 2.68. The Kier molecular flexibility index (Phi) is 3.90. The number of thioether (sulfide) groups is 1. The highest BCUT2D eigenvalue weighted by atomic mass is 32.2. The van der Waals surface area contributed by atoms with Crippen LogP contribution in [-0.4, -0.2) is 45.7 Å². The molecule has 1 fully saturated rings. The molecule has 0 aromatic rings. The average molecular weight is 249 g/mol. The van der Waals surface area contributed by atoms with Crippen LogP contribution in [0.25, 0.3) is 0 Å². The molecular weight excluding hydrogens is 234 g/mol. The fourth-order valence-corrected chi connectivity index (χ4v) is 2.15. The largest absolute Gasteiger partial charge is 0.507 e. The van der Waals surface area contributed by atoms with Crippen LogP contribution in [0.5, 0.6) is 0 Å². The van der Waals surface area contributed by atoms with E-state index < -0.39 is 24.1 Å². The van der Waals surface area contributed by atoms with Gasteiger partial charge < -0.3 is 14.6 Å². The molecule has 6 nitrogen and oxygen atoms in total. The van der Waals surface area contributed by atoms with Crippen molar-refractivity contribution in [3.63, 3.8) is 0 Å². The number of hydrogen-bond acceptors (Lipinski definition) is 5. The third-order valence-electron chi connectivity index (χ3n) is 1.70. The van der Waals surface area contributed by atoms with Gasteiger partial charge in [-0.3, -0.25) is 4.90 Å². The van der Waals surface area contributed by atoms with Gasteiger partial charge in [-0.2, -0.15) is 0 Å². The van der Waals surface area contributed by atoms with Crippen LogP contribution < -0.4 is 0 Å². The number of nitrogens with zero attached hydrogens (tertiary/aromatic N) is 1. The van der Waals surface area contributed by atoms with Gasteiger partial charge in [0.05, 0.1) is 11.6 Å². The Morgan fingerprint density at radius 3 is 2.56 bits per heavy atom. The van der Waals surface area contributed by atoms with Crippen LogP contribution in [-0.2, 0) is 9.47 Å². The molecule has 0 aromatic carbocycles. The molecule has 1 heterocycles. The zero-order valence-electron chi connectivity index (χ0n) is 9.43. The summed E-state index contributed by atoms with van der Waals surface area (Å²) in [6.07, 6.45) is -2.69. The molecule has 0 aliphatic carbocycles.